The molecule has 1 amide bonds. The minimum Gasteiger partial charge on any atom is -0.494 e. The summed E-state index contributed by atoms with van der Waals surface area (Å²) >= 11 is 0. The van der Waals surface area contributed by atoms with E-state index in [2.05, 4.69) is 0 Å². The second-order valence-corrected chi connectivity index (χ2v) is 3.52. The highest BCUT2D eigenvalue weighted by molar-refractivity contribution is 5.86. The van der Waals surface area contributed by atoms with Crippen LogP contribution in [0.1, 0.15) is 13.8 Å². The van der Waals surface area contributed by atoms with E-state index in [1.54, 1.807) is 19.2 Å². The first-order chi connectivity index (χ1) is 6.98. The third kappa shape index (κ3) is 2.57. The number of carbonyl (C=O) groups excluding carboxylic acids is 1. The van der Waals surface area contributed by atoms with Crippen LogP contribution >= 0.6 is 0 Å². The maximum Gasteiger partial charge on any atom is 0.316 e. The number of nitrogens with zero attached hydrogens (tertiary/aromatic N) is 1. The molecule has 0 aliphatic rings. The van der Waals surface area contributed by atoms with Gasteiger partial charge in [-0.05, 0) is 19.1 Å². The average Bonchev–Trinajstić information content (AvgIpc) is 2.19. The summed E-state index contributed by atoms with van der Waals surface area (Å²) in [5.74, 6) is 0.670. The molecule has 1 rings (SSSR count). The van der Waals surface area contributed by atoms with E-state index in [-0.39, 0.29) is 10.4 Å². The maximum atomic E-state index is 11.3. The van der Waals surface area contributed by atoms with Gasteiger partial charge in [-0.2, -0.15) is 0 Å². The first-order valence-corrected chi connectivity index (χ1v) is 4.88. The van der Waals surface area contributed by atoms with E-state index in [0.717, 1.165) is 11.4 Å². The van der Waals surface area contributed by atoms with Crippen molar-refractivity contribution in [3.05, 3.63) is 31.3 Å². The van der Waals surface area contributed by atoms with Crippen molar-refractivity contribution in [1.29, 1.82) is 0 Å². The Morgan fingerprint density at radius 1 is 1.40 bits per heavy atom. The molecule has 0 saturated carbocycles. The highest BCUT2D eigenvalue weighted by Gasteiger charge is 2.26. The Labute approximate surface area is 90.9 Å². The molecule has 0 bridgehead atoms. The fourth-order valence-electron chi connectivity index (χ4n) is 1.20. The summed E-state index contributed by atoms with van der Waals surface area (Å²) in [5, 5.41) is 0. The van der Waals surface area contributed by atoms with Gasteiger partial charge in [0.25, 0.3) is 0 Å². The summed E-state index contributed by atoms with van der Waals surface area (Å²) in [5.41, 5.74) is 0.742. The van der Waals surface area contributed by atoms with Gasteiger partial charge in [-0.1, -0.05) is 0 Å². The molecule has 1 unspecified atom stereocenters. The van der Waals surface area contributed by atoms with Crippen LogP contribution in [-0.4, -0.2) is 19.6 Å². The summed E-state index contributed by atoms with van der Waals surface area (Å²) in [6.07, 6.45) is 0. The standard InChI is InChI=1S/C12H16NO2/c1-5-15-12-8-6-11(7-9-12)13(3,4)10(2)14/h3,6-9H,5H2,1-2,4H3/q+1. The Morgan fingerprint density at radius 3 is 2.33 bits per heavy atom. The zero-order chi connectivity index (χ0) is 11.5. The average molecular weight is 206 g/mol. The molecular weight excluding hydrogens is 190 g/mol. The third-order valence-electron chi connectivity index (χ3n) is 2.34. The molecule has 1 atom stereocenters. The number of benzene rings is 1. The van der Waals surface area contributed by atoms with Crippen molar-refractivity contribution in [2.24, 2.45) is 0 Å². The van der Waals surface area contributed by atoms with Crippen LogP contribution in [0.5, 0.6) is 5.75 Å². The van der Waals surface area contributed by atoms with Crippen molar-refractivity contribution in [3.63, 3.8) is 0 Å². The Bertz CT molecular complexity index is 341. The van der Waals surface area contributed by atoms with Crippen LogP contribution in [0, 0.1) is 7.05 Å². The Morgan fingerprint density at radius 2 is 1.93 bits per heavy atom. The largest absolute Gasteiger partial charge is 0.494 e. The molecule has 0 aliphatic carbocycles. The van der Waals surface area contributed by atoms with E-state index in [9.17, 15) is 4.79 Å². The minimum absolute atomic E-state index is 0.112. The first-order valence-electron chi connectivity index (χ1n) is 4.88. The molecule has 0 heterocycles. The summed E-state index contributed by atoms with van der Waals surface area (Å²) in [7, 11) is 7.50. The van der Waals surface area contributed by atoms with Crippen LogP contribution in [0.15, 0.2) is 24.3 Å². The fraction of sp³-hybridized carbons (Fsp3) is 0.333. The summed E-state index contributed by atoms with van der Waals surface area (Å²) in [4.78, 5) is 11.3. The number of amides is 1. The third-order valence-corrected chi connectivity index (χ3v) is 2.34. The zero-order valence-corrected chi connectivity index (χ0v) is 9.36. The van der Waals surface area contributed by atoms with E-state index < -0.39 is 0 Å². The number of hydrogen-bond donors (Lipinski definition) is 0. The van der Waals surface area contributed by atoms with E-state index in [1.165, 1.54) is 6.92 Å². The molecule has 0 saturated heterocycles. The van der Waals surface area contributed by atoms with Crippen molar-refractivity contribution in [2.75, 3.05) is 13.7 Å². The van der Waals surface area contributed by atoms with E-state index in [4.69, 9.17) is 11.8 Å². The molecule has 0 N–H and O–H groups in total. The monoisotopic (exact) mass is 206 g/mol. The number of quaternary nitrogens is 1. The van der Waals surface area contributed by atoms with Crippen LogP contribution in [0.3, 0.4) is 0 Å². The van der Waals surface area contributed by atoms with Gasteiger partial charge in [-0.25, -0.2) is 9.28 Å². The Balaban J connectivity index is 2.93. The van der Waals surface area contributed by atoms with Gasteiger partial charge in [-0.15, -0.1) is 0 Å². The number of rotatable bonds is 3. The van der Waals surface area contributed by atoms with Gasteiger partial charge >= 0.3 is 5.91 Å². The topological polar surface area (TPSA) is 26.3 Å². The van der Waals surface area contributed by atoms with Crippen LogP contribution < -0.4 is 9.22 Å². The SMILES string of the molecule is [CH][N+](C)(C(C)=O)c1ccc(OCC)cc1. The first kappa shape index (κ1) is 11.7. The van der Waals surface area contributed by atoms with Crippen molar-refractivity contribution in [3.8, 4) is 5.75 Å². The lowest BCUT2D eigenvalue weighted by molar-refractivity contribution is -0.124. The van der Waals surface area contributed by atoms with Gasteiger partial charge in [0.15, 0.2) is 0 Å². The predicted octanol–water partition coefficient (Wildman–Crippen LogP) is 2.24. The maximum absolute atomic E-state index is 11.3. The molecule has 2 radical (unpaired) electrons. The molecule has 1 aromatic carbocycles. The van der Waals surface area contributed by atoms with Crippen LogP contribution in [-0.2, 0) is 4.79 Å². The molecule has 0 spiro atoms. The van der Waals surface area contributed by atoms with Crippen molar-refractivity contribution >= 4 is 11.6 Å². The minimum atomic E-state index is -0.244. The van der Waals surface area contributed by atoms with Gasteiger partial charge in [0, 0.05) is 12.1 Å². The van der Waals surface area contributed by atoms with Crippen molar-refractivity contribution in [1.82, 2.24) is 4.48 Å². The summed E-state index contributed by atoms with van der Waals surface area (Å²) < 4.78 is 5.06. The van der Waals surface area contributed by atoms with E-state index in [0.29, 0.717) is 6.61 Å². The van der Waals surface area contributed by atoms with Crippen LogP contribution in [0.4, 0.5) is 5.69 Å². The molecule has 0 aliphatic heterocycles. The highest BCUT2D eigenvalue weighted by Crippen LogP contribution is 2.23. The molecule has 0 aromatic heterocycles. The Hall–Kier alpha value is -1.35. The quantitative estimate of drug-likeness (QED) is 0.709. The highest BCUT2D eigenvalue weighted by atomic mass is 16.5. The number of hydrogen-bond acceptors (Lipinski definition) is 2. The summed E-state index contributed by atoms with van der Waals surface area (Å²) in [6.45, 7) is 4.02. The second kappa shape index (κ2) is 4.45. The van der Waals surface area contributed by atoms with E-state index in [1.807, 2.05) is 19.1 Å². The smallest absolute Gasteiger partial charge is 0.316 e. The van der Waals surface area contributed by atoms with Crippen LogP contribution in [0.25, 0.3) is 0 Å². The molecule has 80 valence electrons. The van der Waals surface area contributed by atoms with Crippen molar-refractivity contribution < 1.29 is 9.53 Å². The van der Waals surface area contributed by atoms with Gasteiger partial charge in [-0.3, -0.25) is 0 Å². The Kier molecular flexibility index (Phi) is 3.48. The van der Waals surface area contributed by atoms with Crippen molar-refractivity contribution in [2.45, 2.75) is 13.8 Å². The summed E-state index contributed by atoms with van der Waals surface area (Å²) in [6, 6.07) is 7.22. The normalized spacial score (nSPS) is 11.2. The van der Waals surface area contributed by atoms with Gasteiger partial charge in [0.2, 0.25) is 7.05 Å². The van der Waals surface area contributed by atoms with E-state index >= 15 is 0 Å². The van der Waals surface area contributed by atoms with Gasteiger partial charge in [0.1, 0.15) is 11.4 Å². The predicted molar refractivity (Wildman–Crippen MR) is 60.3 cm³/mol. The molecule has 1 aromatic rings. The van der Waals surface area contributed by atoms with Gasteiger partial charge < -0.3 is 4.74 Å². The number of carbonyl (C=O) groups is 1. The lowest BCUT2D eigenvalue weighted by Gasteiger charge is -2.23. The fourth-order valence-corrected chi connectivity index (χ4v) is 1.20. The zero-order valence-electron chi connectivity index (χ0n) is 9.36. The molecular formula is C12H16NO2+. The second-order valence-electron chi connectivity index (χ2n) is 3.52. The lowest BCUT2D eigenvalue weighted by Crippen LogP contribution is -2.42. The van der Waals surface area contributed by atoms with Crippen LogP contribution in [0.2, 0.25) is 0 Å². The number of ether oxygens (including phenoxy) is 1. The lowest BCUT2D eigenvalue weighted by atomic mass is 10.2. The molecule has 0 fully saturated rings. The molecule has 15 heavy (non-hydrogen) atoms. The molecule has 3 heteroatoms. The molecule has 3 nitrogen and oxygen atoms in total. The van der Waals surface area contributed by atoms with Gasteiger partial charge in [0.05, 0.1) is 20.6 Å².